The maximum Gasteiger partial charge on any atom is 0.231 e. The number of benzene rings is 1. The van der Waals surface area contributed by atoms with Crippen molar-refractivity contribution < 1.29 is 14.2 Å². The lowest BCUT2D eigenvalue weighted by molar-refractivity contribution is -0.0217. The van der Waals surface area contributed by atoms with Gasteiger partial charge in [0.2, 0.25) is 6.79 Å². The van der Waals surface area contributed by atoms with Crippen LogP contribution in [-0.2, 0) is 11.2 Å². The second-order valence-corrected chi connectivity index (χ2v) is 7.74. The van der Waals surface area contributed by atoms with Crippen molar-refractivity contribution in [3.63, 3.8) is 0 Å². The summed E-state index contributed by atoms with van der Waals surface area (Å²) in [5.41, 5.74) is 1.24. The minimum atomic E-state index is -0.0195. The Hall–Kier alpha value is -1.76. The molecule has 0 radical (unpaired) electrons. The van der Waals surface area contributed by atoms with Crippen LogP contribution in [0.3, 0.4) is 0 Å². The fourth-order valence-corrected chi connectivity index (χ4v) is 3.53. The molecule has 1 fully saturated rings. The number of ether oxygens (including phenoxy) is 3. The van der Waals surface area contributed by atoms with Crippen LogP contribution in [0.5, 0.6) is 11.5 Å². The number of hydrogen-bond donors (Lipinski definition) is 0. The van der Waals surface area contributed by atoms with Gasteiger partial charge < -0.3 is 19.1 Å². The average Bonchev–Trinajstić information content (AvgIpc) is 3.10. The van der Waals surface area contributed by atoms with Crippen molar-refractivity contribution in [2.75, 3.05) is 53.6 Å². The van der Waals surface area contributed by atoms with Crippen LogP contribution in [0.4, 0.5) is 0 Å². The molecule has 27 heavy (non-hydrogen) atoms. The molecule has 0 aromatic heterocycles. The molecule has 2 aliphatic rings. The summed E-state index contributed by atoms with van der Waals surface area (Å²) in [4.78, 5) is 7.01. The normalized spacial score (nSPS) is 19.9. The van der Waals surface area contributed by atoms with E-state index in [1.54, 1.807) is 0 Å². The second kappa shape index (κ2) is 8.95. The minimum Gasteiger partial charge on any atom is -0.479 e. The molecule has 2 aliphatic heterocycles. The minimum absolute atomic E-state index is 0.0195. The van der Waals surface area contributed by atoms with E-state index in [9.17, 15) is 0 Å². The van der Waals surface area contributed by atoms with Crippen LogP contribution in [0.15, 0.2) is 30.5 Å². The Balaban J connectivity index is 1.46. The van der Waals surface area contributed by atoms with E-state index < -0.39 is 0 Å². The van der Waals surface area contributed by atoms with Gasteiger partial charge in [0.15, 0.2) is 11.5 Å². The van der Waals surface area contributed by atoms with Crippen LogP contribution >= 0.6 is 0 Å². The summed E-state index contributed by atoms with van der Waals surface area (Å²) >= 11 is 0. The molecule has 0 aliphatic carbocycles. The predicted octanol–water partition coefficient (Wildman–Crippen LogP) is 2.40. The SMILES string of the molecule is C=C(CN1CCN(C)CC1)OC(C)N(C)C(C)Cc1ccc2c(c1)OCO2. The van der Waals surface area contributed by atoms with Crippen LogP contribution < -0.4 is 9.47 Å². The number of hydrogen-bond acceptors (Lipinski definition) is 6. The predicted molar refractivity (Wildman–Crippen MR) is 107 cm³/mol. The van der Waals surface area contributed by atoms with Gasteiger partial charge in [-0.3, -0.25) is 9.80 Å². The number of likely N-dealkylation sites (N-methyl/N-ethyl adjacent to an activating group) is 2. The van der Waals surface area contributed by atoms with E-state index in [0.29, 0.717) is 12.8 Å². The lowest BCUT2D eigenvalue weighted by Gasteiger charge is -2.35. The maximum atomic E-state index is 6.11. The largest absolute Gasteiger partial charge is 0.479 e. The second-order valence-electron chi connectivity index (χ2n) is 7.74. The number of nitrogens with zero attached hydrogens (tertiary/aromatic N) is 3. The molecule has 6 nitrogen and oxygen atoms in total. The molecular weight excluding hydrogens is 342 g/mol. The Labute approximate surface area is 163 Å². The van der Waals surface area contributed by atoms with Crippen LogP contribution in [0.25, 0.3) is 0 Å². The highest BCUT2D eigenvalue weighted by Crippen LogP contribution is 2.33. The molecule has 0 spiro atoms. The first-order valence-corrected chi connectivity index (χ1v) is 9.78. The summed E-state index contributed by atoms with van der Waals surface area (Å²) in [7, 11) is 4.27. The number of fused-ring (bicyclic) bond motifs is 1. The van der Waals surface area contributed by atoms with Gasteiger partial charge in [-0.1, -0.05) is 12.6 Å². The fraction of sp³-hybridized carbons (Fsp3) is 0.619. The van der Waals surface area contributed by atoms with Crippen molar-refractivity contribution in [1.29, 1.82) is 0 Å². The van der Waals surface area contributed by atoms with E-state index >= 15 is 0 Å². The van der Waals surface area contributed by atoms with E-state index in [0.717, 1.165) is 56.4 Å². The lowest BCUT2D eigenvalue weighted by Crippen LogP contribution is -2.45. The Bertz CT molecular complexity index is 644. The molecule has 1 aromatic carbocycles. The molecule has 0 saturated carbocycles. The van der Waals surface area contributed by atoms with Gasteiger partial charge in [-0.2, -0.15) is 0 Å². The molecule has 1 aromatic rings. The molecule has 1 saturated heterocycles. The third-order valence-corrected chi connectivity index (χ3v) is 5.57. The molecule has 0 N–H and O–H groups in total. The zero-order valence-electron chi connectivity index (χ0n) is 17.1. The van der Waals surface area contributed by atoms with Crippen LogP contribution in [0.1, 0.15) is 19.4 Å². The van der Waals surface area contributed by atoms with Crippen molar-refractivity contribution in [3.05, 3.63) is 36.1 Å². The molecule has 0 amide bonds. The smallest absolute Gasteiger partial charge is 0.231 e. The summed E-state index contributed by atoms with van der Waals surface area (Å²) < 4.78 is 17.0. The molecule has 150 valence electrons. The molecule has 3 rings (SSSR count). The zero-order valence-corrected chi connectivity index (χ0v) is 17.1. The summed E-state index contributed by atoms with van der Waals surface area (Å²) in [5.74, 6) is 2.51. The summed E-state index contributed by atoms with van der Waals surface area (Å²) in [6.07, 6.45) is 0.903. The van der Waals surface area contributed by atoms with E-state index in [2.05, 4.69) is 61.4 Å². The van der Waals surface area contributed by atoms with E-state index in [-0.39, 0.29) is 6.23 Å². The molecule has 2 atom stereocenters. The summed E-state index contributed by atoms with van der Waals surface area (Å²) in [5, 5.41) is 0. The fourth-order valence-electron chi connectivity index (χ4n) is 3.53. The van der Waals surface area contributed by atoms with Crippen molar-refractivity contribution in [1.82, 2.24) is 14.7 Å². The van der Waals surface area contributed by atoms with Crippen molar-refractivity contribution >= 4 is 0 Å². The standard InChI is InChI=1S/C21H33N3O3/c1-16(12-19-6-7-20-21(13-19)26-15-25-20)23(5)18(3)27-17(2)14-24-10-8-22(4)9-11-24/h6-7,13,16,18H,2,8-12,14-15H2,1,3-5H3. The first-order valence-electron chi connectivity index (χ1n) is 9.78. The van der Waals surface area contributed by atoms with Crippen molar-refractivity contribution in [2.24, 2.45) is 0 Å². The lowest BCUT2D eigenvalue weighted by atomic mass is 10.1. The first kappa shape index (κ1) is 20.0. The number of piperazine rings is 1. The maximum absolute atomic E-state index is 6.11. The van der Waals surface area contributed by atoms with Gasteiger partial charge in [-0.05, 0) is 52.1 Å². The van der Waals surface area contributed by atoms with Gasteiger partial charge in [0.05, 0.1) is 6.54 Å². The highest BCUT2D eigenvalue weighted by atomic mass is 16.7. The average molecular weight is 376 g/mol. The van der Waals surface area contributed by atoms with Crippen molar-refractivity contribution in [2.45, 2.75) is 32.5 Å². The molecule has 2 unspecified atom stereocenters. The highest BCUT2D eigenvalue weighted by Gasteiger charge is 2.21. The Morgan fingerprint density at radius 1 is 1.19 bits per heavy atom. The monoisotopic (exact) mass is 375 g/mol. The first-order chi connectivity index (χ1) is 12.9. The van der Waals surface area contributed by atoms with Gasteiger partial charge in [-0.15, -0.1) is 0 Å². The summed E-state index contributed by atoms with van der Waals surface area (Å²) in [6.45, 7) is 13.9. The molecule has 6 heteroatoms. The number of rotatable bonds is 8. The van der Waals surface area contributed by atoms with Crippen LogP contribution in [-0.4, -0.2) is 80.6 Å². The van der Waals surface area contributed by atoms with E-state index in [4.69, 9.17) is 14.2 Å². The van der Waals surface area contributed by atoms with E-state index in [1.807, 2.05) is 6.07 Å². The molecule has 0 bridgehead atoms. The highest BCUT2D eigenvalue weighted by molar-refractivity contribution is 5.44. The van der Waals surface area contributed by atoms with Crippen molar-refractivity contribution in [3.8, 4) is 11.5 Å². The van der Waals surface area contributed by atoms with Crippen LogP contribution in [0.2, 0.25) is 0 Å². The van der Waals surface area contributed by atoms with Gasteiger partial charge >= 0.3 is 0 Å². The molecule has 2 heterocycles. The van der Waals surface area contributed by atoms with E-state index in [1.165, 1.54) is 5.56 Å². The Kier molecular flexibility index (Phi) is 6.63. The quantitative estimate of drug-likeness (QED) is 0.513. The molecular formula is C21H33N3O3. The third kappa shape index (κ3) is 5.37. The Morgan fingerprint density at radius 3 is 2.63 bits per heavy atom. The Morgan fingerprint density at radius 2 is 1.89 bits per heavy atom. The van der Waals surface area contributed by atoms with Gasteiger partial charge in [0.25, 0.3) is 0 Å². The van der Waals surface area contributed by atoms with Gasteiger partial charge in [0.1, 0.15) is 12.0 Å². The zero-order chi connectivity index (χ0) is 19.4. The third-order valence-electron chi connectivity index (χ3n) is 5.57. The summed E-state index contributed by atoms with van der Waals surface area (Å²) in [6, 6.07) is 6.50. The van der Waals surface area contributed by atoms with Crippen LogP contribution in [0, 0.1) is 0 Å². The van der Waals surface area contributed by atoms with Gasteiger partial charge in [0, 0.05) is 32.2 Å². The topological polar surface area (TPSA) is 37.4 Å². The van der Waals surface area contributed by atoms with Gasteiger partial charge in [-0.25, -0.2) is 0 Å².